The molecule has 1 aliphatic heterocycles. The molecule has 0 atom stereocenters. The van der Waals surface area contributed by atoms with E-state index in [2.05, 4.69) is 16.0 Å². The molecule has 2 heterocycles. The van der Waals surface area contributed by atoms with Gasteiger partial charge in [-0.25, -0.2) is 4.98 Å². The largest absolute Gasteiger partial charge is 0.483 e. The number of pyridine rings is 1. The van der Waals surface area contributed by atoms with E-state index in [0.29, 0.717) is 13.1 Å². The zero-order chi connectivity index (χ0) is 19.2. The summed E-state index contributed by atoms with van der Waals surface area (Å²) in [4.78, 5) is 20.0. The third-order valence-corrected chi connectivity index (χ3v) is 4.99. The van der Waals surface area contributed by atoms with E-state index >= 15 is 0 Å². The minimum Gasteiger partial charge on any atom is -0.483 e. The van der Waals surface area contributed by atoms with Crippen molar-refractivity contribution in [3.8, 4) is 16.9 Å². The Morgan fingerprint density at radius 3 is 2.32 bits per heavy atom. The summed E-state index contributed by atoms with van der Waals surface area (Å²) in [6.07, 6.45) is 1.92. The quantitative estimate of drug-likeness (QED) is 0.690. The van der Waals surface area contributed by atoms with Crippen LogP contribution in [0.2, 0.25) is 0 Å². The number of piperazine rings is 1. The van der Waals surface area contributed by atoms with Crippen molar-refractivity contribution in [2.45, 2.75) is 0 Å². The van der Waals surface area contributed by atoms with Gasteiger partial charge in [0.15, 0.2) is 6.61 Å². The molecule has 2 aromatic carbocycles. The van der Waals surface area contributed by atoms with Gasteiger partial charge in [-0.15, -0.1) is 0 Å². The van der Waals surface area contributed by atoms with Gasteiger partial charge >= 0.3 is 0 Å². The number of H-pyrrole nitrogens is 1. The lowest BCUT2D eigenvalue weighted by molar-refractivity contribution is -0.364. The second-order valence-corrected chi connectivity index (χ2v) is 6.77. The zero-order valence-corrected chi connectivity index (χ0v) is 15.8. The summed E-state index contributed by atoms with van der Waals surface area (Å²) >= 11 is 0. The van der Waals surface area contributed by atoms with Crippen LogP contribution in [-0.4, -0.2) is 43.6 Å². The molecule has 142 valence electrons. The molecule has 0 aliphatic carbocycles. The molecule has 1 aliphatic rings. The van der Waals surface area contributed by atoms with Crippen LogP contribution < -0.4 is 14.6 Å². The predicted molar refractivity (Wildman–Crippen MR) is 109 cm³/mol. The molecule has 0 spiro atoms. The molecule has 1 saturated heterocycles. The number of benzene rings is 2. The number of ether oxygens (including phenoxy) is 1. The van der Waals surface area contributed by atoms with Crippen LogP contribution >= 0.6 is 0 Å². The molecular weight excluding hydrogens is 350 g/mol. The van der Waals surface area contributed by atoms with Crippen molar-refractivity contribution in [1.82, 2.24) is 4.90 Å². The van der Waals surface area contributed by atoms with E-state index in [1.165, 1.54) is 0 Å². The Kier molecular flexibility index (Phi) is 5.52. The maximum absolute atomic E-state index is 12.6. The summed E-state index contributed by atoms with van der Waals surface area (Å²) in [6, 6.07) is 24.0. The highest BCUT2D eigenvalue weighted by Crippen LogP contribution is 2.29. The number of aromatic nitrogens is 1. The third kappa shape index (κ3) is 4.14. The first kappa shape index (κ1) is 18.0. The van der Waals surface area contributed by atoms with E-state index in [9.17, 15) is 4.79 Å². The van der Waals surface area contributed by atoms with E-state index in [0.717, 1.165) is 35.8 Å². The van der Waals surface area contributed by atoms with Crippen molar-refractivity contribution in [3.63, 3.8) is 0 Å². The molecule has 5 heteroatoms. The van der Waals surface area contributed by atoms with E-state index in [-0.39, 0.29) is 12.5 Å². The van der Waals surface area contributed by atoms with Crippen molar-refractivity contribution in [3.05, 3.63) is 79.0 Å². The first-order valence-corrected chi connectivity index (χ1v) is 9.58. The Labute approximate surface area is 165 Å². The summed E-state index contributed by atoms with van der Waals surface area (Å²) in [5.41, 5.74) is 2.08. The van der Waals surface area contributed by atoms with Gasteiger partial charge in [0.25, 0.3) is 11.7 Å². The minimum absolute atomic E-state index is 0.0274. The average Bonchev–Trinajstić information content (AvgIpc) is 2.79. The first-order valence-electron chi connectivity index (χ1n) is 9.58. The summed E-state index contributed by atoms with van der Waals surface area (Å²) in [5, 5.41) is 0. The summed E-state index contributed by atoms with van der Waals surface area (Å²) < 4.78 is 5.91. The molecular formula is C23H24N3O2+. The summed E-state index contributed by atoms with van der Waals surface area (Å²) in [6.45, 7) is 3.08. The molecule has 1 amide bonds. The summed E-state index contributed by atoms with van der Waals surface area (Å²) in [5.74, 6) is 1.85. The van der Waals surface area contributed by atoms with Crippen LogP contribution in [0.4, 0.5) is 5.82 Å². The van der Waals surface area contributed by atoms with Crippen molar-refractivity contribution >= 4 is 11.7 Å². The molecule has 0 saturated carbocycles. The fraction of sp³-hybridized carbons (Fsp3) is 0.217. The Morgan fingerprint density at radius 1 is 0.857 bits per heavy atom. The molecule has 1 N–H and O–H groups in total. The van der Waals surface area contributed by atoms with Gasteiger partial charge in [-0.1, -0.05) is 54.6 Å². The van der Waals surface area contributed by atoms with Gasteiger partial charge in [0.05, 0.1) is 19.3 Å². The second kappa shape index (κ2) is 8.57. The normalized spacial score (nSPS) is 14.0. The standard InChI is InChI=1S/C23H23N3O2/c27-23(26-16-14-25(15-17-26)22-12-6-7-13-24-22)18-28-21-11-5-4-10-20(21)19-8-2-1-3-9-19/h1-13H,14-18H2/p+1. The van der Waals surface area contributed by atoms with Crippen LogP contribution in [-0.2, 0) is 4.79 Å². The molecule has 0 bridgehead atoms. The van der Waals surface area contributed by atoms with E-state index in [1.54, 1.807) is 0 Å². The lowest BCUT2D eigenvalue weighted by Crippen LogP contribution is -2.51. The molecule has 28 heavy (non-hydrogen) atoms. The van der Waals surface area contributed by atoms with Gasteiger partial charge in [-0.3, -0.25) is 9.69 Å². The van der Waals surface area contributed by atoms with Gasteiger partial charge in [0.2, 0.25) is 0 Å². The number of anilines is 1. The van der Waals surface area contributed by atoms with Crippen molar-refractivity contribution in [2.24, 2.45) is 0 Å². The topological polar surface area (TPSA) is 46.9 Å². The van der Waals surface area contributed by atoms with Crippen LogP contribution in [0.25, 0.3) is 11.1 Å². The number of aromatic amines is 1. The molecule has 0 unspecified atom stereocenters. The average molecular weight is 374 g/mol. The maximum atomic E-state index is 12.6. The van der Waals surface area contributed by atoms with Crippen LogP contribution in [0.3, 0.4) is 0 Å². The fourth-order valence-corrected chi connectivity index (χ4v) is 3.46. The van der Waals surface area contributed by atoms with Crippen molar-refractivity contribution < 1.29 is 14.5 Å². The second-order valence-electron chi connectivity index (χ2n) is 6.77. The Morgan fingerprint density at radius 2 is 1.57 bits per heavy atom. The monoisotopic (exact) mass is 374 g/mol. The van der Waals surface area contributed by atoms with Crippen LogP contribution in [0.1, 0.15) is 0 Å². The number of nitrogens with one attached hydrogen (secondary N) is 1. The lowest BCUT2D eigenvalue weighted by atomic mass is 10.1. The molecule has 0 radical (unpaired) electrons. The number of amides is 1. The highest BCUT2D eigenvalue weighted by atomic mass is 16.5. The smallest absolute Gasteiger partial charge is 0.274 e. The maximum Gasteiger partial charge on any atom is 0.274 e. The minimum atomic E-state index is 0.0274. The zero-order valence-electron chi connectivity index (χ0n) is 15.8. The third-order valence-electron chi connectivity index (χ3n) is 4.99. The lowest BCUT2D eigenvalue weighted by Gasteiger charge is -2.31. The molecule has 5 nitrogen and oxygen atoms in total. The summed E-state index contributed by atoms with van der Waals surface area (Å²) in [7, 11) is 0. The van der Waals surface area contributed by atoms with Crippen molar-refractivity contribution in [2.75, 3.05) is 37.7 Å². The number of nitrogens with zero attached hydrogens (tertiary/aromatic N) is 2. The number of hydrogen-bond acceptors (Lipinski definition) is 3. The molecule has 4 rings (SSSR count). The first-order chi connectivity index (χ1) is 13.8. The van der Waals surface area contributed by atoms with Crippen molar-refractivity contribution in [1.29, 1.82) is 0 Å². The fourth-order valence-electron chi connectivity index (χ4n) is 3.46. The SMILES string of the molecule is O=C(COc1ccccc1-c1ccccc1)N1CCN(c2cccc[nH+]2)CC1. The van der Waals surface area contributed by atoms with Crippen LogP contribution in [0.15, 0.2) is 79.0 Å². The van der Waals surface area contributed by atoms with Gasteiger partial charge in [0, 0.05) is 11.6 Å². The van der Waals surface area contributed by atoms with Crippen LogP contribution in [0.5, 0.6) is 5.75 Å². The van der Waals surface area contributed by atoms with E-state index < -0.39 is 0 Å². The molecule has 1 fully saturated rings. The van der Waals surface area contributed by atoms with Gasteiger partial charge in [0.1, 0.15) is 18.8 Å². The predicted octanol–water partition coefficient (Wildman–Crippen LogP) is 2.90. The van der Waals surface area contributed by atoms with E-state index in [1.807, 2.05) is 77.8 Å². The number of hydrogen-bond donors (Lipinski definition) is 0. The number of rotatable bonds is 5. The van der Waals surface area contributed by atoms with Gasteiger partial charge in [-0.05, 0) is 17.7 Å². The molecule has 1 aromatic heterocycles. The number of carbonyl (C=O) groups excluding carboxylic acids is 1. The highest BCUT2D eigenvalue weighted by molar-refractivity contribution is 5.79. The number of carbonyl (C=O) groups is 1. The Hall–Kier alpha value is -3.34. The Bertz CT molecular complexity index is 907. The van der Waals surface area contributed by atoms with Gasteiger partial charge < -0.3 is 9.64 Å². The van der Waals surface area contributed by atoms with Gasteiger partial charge in [-0.2, -0.15) is 0 Å². The highest BCUT2D eigenvalue weighted by Gasteiger charge is 2.26. The Balaban J connectivity index is 1.35. The van der Waals surface area contributed by atoms with Crippen LogP contribution in [0, 0.1) is 0 Å². The van der Waals surface area contributed by atoms with E-state index in [4.69, 9.17) is 4.74 Å². The molecule has 3 aromatic rings. The number of para-hydroxylation sites is 1.